The first-order valence-corrected chi connectivity index (χ1v) is 6.11. The van der Waals surface area contributed by atoms with Gasteiger partial charge in [0.15, 0.2) is 11.4 Å². The molecule has 0 amide bonds. The Kier molecular flexibility index (Phi) is 3.71. The number of hydrogen-bond donors (Lipinski definition) is 1. The zero-order valence-corrected chi connectivity index (χ0v) is 11.3. The summed E-state index contributed by atoms with van der Waals surface area (Å²) in [5, 5.41) is 13.3. The van der Waals surface area contributed by atoms with Crippen LogP contribution in [0.2, 0.25) is 0 Å². The van der Waals surface area contributed by atoms with Crippen molar-refractivity contribution in [1.82, 2.24) is 9.78 Å². The van der Waals surface area contributed by atoms with Crippen LogP contribution in [0, 0.1) is 18.3 Å². The van der Waals surface area contributed by atoms with Crippen molar-refractivity contribution in [2.45, 2.75) is 13.8 Å². The number of anilines is 1. The van der Waals surface area contributed by atoms with Crippen LogP contribution in [0.1, 0.15) is 28.7 Å². The van der Waals surface area contributed by atoms with E-state index in [1.807, 2.05) is 25.1 Å². The molecule has 20 heavy (non-hydrogen) atoms. The molecule has 6 heteroatoms. The molecule has 0 atom stereocenters. The number of ether oxygens (including phenoxy) is 1. The number of carbonyl (C=O) groups excluding carboxylic acids is 1. The maximum atomic E-state index is 11.7. The molecule has 1 aromatic carbocycles. The Labute approximate surface area is 116 Å². The first-order valence-electron chi connectivity index (χ1n) is 6.11. The van der Waals surface area contributed by atoms with Gasteiger partial charge in [0.05, 0.1) is 12.3 Å². The molecule has 0 fully saturated rings. The molecule has 0 aliphatic carbocycles. The van der Waals surface area contributed by atoms with Gasteiger partial charge in [0, 0.05) is 0 Å². The van der Waals surface area contributed by atoms with E-state index >= 15 is 0 Å². The molecule has 0 spiro atoms. The van der Waals surface area contributed by atoms with Gasteiger partial charge in [-0.05, 0) is 26.0 Å². The number of rotatable bonds is 3. The highest BCUT2D eigenvalue weighted by molar-refractivity contribution is 5.94. The SMILES string of the molecule is CCOC(=O)c1nn(-c2ccc(C)cc2)c(C#N)c1N. The lowest BCUT2D eigenvalue weighted by atomic mass is 10.2. The second kappa shape index (κ2) is 5.45. The number of carbonyl (C=O) groups is 1. The van der Waals surface area contributed by atoms with E-state index in [4.69, 9.17) is 10.5 Å². The van der Waals surface area contributed by atoms with E-state index in [0.29, 0.717) is 5.69 Å². The second-order valence-electron chi connectivity index (χ2n) is 4.19. The lowest BCUT2D eigenvalue weighted by molar-refractivity contribution is 0.0520. The fourth-order valence-corrected chi connectivity index (χ4v) is 1.76. The number of benzene rings is 1. The van der Waals surface area contributed by atoms with E-state index in [1.54, 1.807) is 19.1 Å². The number of esters is 1. The monoisotopic (exact) mass is 270 g/mol. The zero-order valence-electron chi connectivity index (χ0n) is 11.3. The maximum absolute atomic E-state index is 11.7. The number of hydrogen-bond acceptors (Lipinski definition) is 5. The molecule has 2 N–H and O–H groups in total. The van der Waals surface area contributed by atoms with Crippen molar-refractivity contribution < 1.29 is 9.53 Å². The van der Waals surface area contributed by atoms with E-state index in [0.717, 1.165) is 5.56 Å². The van der Waals surface area contributed by atoms with Gasteiger partial charge in [-0.15, -0.1) is 0 Å². The Morgan fingerprint density at radius 3 is 2.65 bits per heavy atom. The third-order valence-electron chi connectivity index (χ3n) is 2.78. The second-order valence-corrected chi connectivity index (χ2v) is 4.19. The third-order valence-corrected chi connectivity index (χ3v) is 2.78. The largest absolute Gasteiger partial charge is 0.461 e. The predicted molar refractivity (Wildman–Crippen MR) is 73.4 cm³/mol. The average molecular weight is 270 g/mol. The standard InChI is InChI=1S/C14H14N4O2/c1-3-20-14(19)13-12(16)11(8-15)18(17-13)10-6-4-9(2)5-7-10/h4-7H,3,16H2,1-2H3. The summed E-state index contributed by atoms with van der Waals surface area (Å²) in [6, 6.07) is 9.34. The summed E-state index contributed by atoms with van der Waals surface area (Å²) >= 11 is 0. The molecule has 102 valence electrons. The van der Waals surface area contributed by atoms with Crippen LogP contribution in [-0.2, 0) is 4.74 Å². The van der Waals surface area contributed by atoms with Gasteiger partial charge in [-0.2, -0.15) is 10.4 Å². The van der Waals surface area contributed by atoms with Gasteiger partial charge in [0.25, 0.3) is 0 Å². The van der Waals surface area contributed by atoms with Gasteiger partial charge < -0.3 is 10.5 Å². The fraction of sp³-hybridized carbons (Fsp3) is 0.214. The molecule has 1 aromatic heterocycles. The summed E-state index contributed by atoms with van der Waals surface area (Å²) in [7, 11) is 0. The van der Waals surface area contributed by atoms with Gasteiger partial charge in [0.1, 0.15) is 11.8 Å². The molecule has 0 aliphatic rings. The maximum Gasteiger partial charge on any atom is 0.361 e. The van der Waals surface area contributed by atoms with Crippen molar-refractivity contribution in [3.05, 3.63) is 41.2 Å². The Morgan fingerprint density at radius 1 is 1.45 bits per heavy atom. The summed E-state index contributed by atoms with van der Waals surface area (Å²) in [4.78, 5) is 11.7. The number of nitrogens with two attached hydrogens (primary N) is 1. The minimum atomic E-state index is -0.632. The molecule has 2 aromatic rings. The first kappa shape index (κ1) is 13.6. The van der Waals surface area contributed by atoms with Crippen molar-refractivity contribution in [2.75, 3.05) is 12.3 Å². The minimum Gasteiger partial charge on any atom is -0.461 e. The molecular formula is C14H14N4O2. The van der Waals surface area contributed by atoms with E-state index in [2.05, 4.69) is 5.10 Å². The average Bonchev–Trinajstić information content (AvgIpc) is 2.77. The van der Waals surface area contributed by atoms with Gasteiger partial charge >= 0.3 is 5.97 Å². The van der Waals surface area contributed by atoms with Crippen LogP contribution < -0.4 is 5.73 Å². The lowest BCUT2D eigenvalue weighted by Crippen LogP contribution is -2.08. The number of aromatic nitrogens is 2. The first-order chi connectivity index (χ1) is 9.58. The minimum absolute atomic E-state index is 0.0338. The molecule has 0 saturated carbocycles. The van der Waals surface area contributed by atoms with E-state index in [-0.39, 0.29) is 23.7 Å². The fourth-order valence-electron chi connectivity index (χ4n) is 1.76. The van der Waals surface area contributed by atoms with Gasteiger partial charge in [0.2, 0.25) is 0 Å². The lowest BCUT2D eigenvalue weighted by Gasteiger charge is -2.02. The Morgan fingerprint density at radius 2 is 2.10 bits per heavy atom. The third kappa shape index (κ3) is 2.34. The van der Waals surface area contributed by atoms with Crippen molar-refractivity contribution >= 4 is 11.7 Å². The number of nitrogen functional groups attached to an aromatic ring is 1. The molecule has 6 nitrogen and oxygen atoms in total. The van der Waals surface area contributed by atoms with E-state index < -0.39 is 5.97 Å². The smallest absolute Gasteiger partial charge is 0.361 e. The molecular weight excluding hydrogens is 256 g/mol. The van der Waals surface area contributed by atoms with Crippen LogP contribution in [0.5, 0.6) is 0 Å². The quantitative estimate of drug-likeness (QED) is 0.858. The molecule has 0 bridgehead atoms. The summed E-state index contributed by atoms with van der Waals surface area (Å²) in [6.45, 7) is 3.87. The number of aryl methyl sites for hydroxylation is 1. The van der Waals surface area contributed by atoms with E-state index in [9.17, 15) is 10.1 Å². The Hall–Kier alpha value is -2.81. The number of nitrogens with zero attached hydrogens (tertiary/aromatic N) is 3. The highest BCUT2D eigenvalue weighted by Gasteiger charge is 2.22. The van der Waals surface area contributed by atoms with E-state index in [1.165, 1.54) is 4.68 Å². The van der Waals surface area contributed by atoms with Crippen molar-refractivity contribution in [2.24, 2.45) is 0 Å². The summed E-state index contributed by atoms with van der Waals surface area (Å²) in [5.74, 6) is -0.632. The normalized spacial score (nSPS) is 10.1. The Balaban J connectivity index is 2.54. The van der Waals surface area contributed by atoms with Crippen LogP contribution in [-0.4, -0.2) is 22.4 Å². The van der Waals surface area contributed by atoms with Gasteiger partial charge in [-0.3, -0.25) is 0 Å². The molecule has 0 saturated heterocycles. The highest BCUT2D eigenvalue weighted by Crippen LogP contribution is 2.21. The topological polar surface area (TPSA) is 93.9 Å². The molecule has 1 heterocycles. The zero-order chi connectivity index (χ0) is 14.7. The summed E-state index contributed by atoms with van der Waals surface area (Å²) in [5.41, 5.74) is 7.67. The highest BCUT2D eigenvalue weighted by atomic mass is 16.5. The van der Waals surface area contributed by atoms with Gasteiger partial charge in [-0.1, -0.05) is 17.7 Å². The van der Waals surface area contributed by atoms with Crippen LogP contribution in [0.4, 0.5) is 5.69 Å². The summed E-state index contributed by atoms with van der Waals surface area (Å²) in [6.07, 6.45) is 0. The van der Waals surface area contributed by atoms with Crippen molar-refractivity contribution in [3.63, 3.8) is 0 Å². The molecule has 0 aliphatic heterocycles. The van der Waals surface area contributed by atoms with Crippen LogP contribution >= 0.6 is 0 Å². The summed E-state index contributed by atoms with van der Waals surface area (Å²) < 4.78 is 6.22. The Bertz CT molecular complexity index is 680. The van der Waals surface area contributed by atoms with Crippen LogP contribution in [0.3, 0.4) is 0 Å². The van der Waals surface area contributed by atoms with Crippen molar-refractivity contribution in [3.8, 4) is 11.8 Å². The van der Waals surface area contributed by atoms with Gasteiger partial charge in [-0.25, -0.2) is 9.48 Å². The molecule has 0 unspecified atom stereocenters. The molecule has 2 rings (SSSR count). The molecule has 0 radical (unpaired) electrons. The van der Waals surface area contributed by atoms with Crippen LogP contribution in [0.25, 0.3) is 5.69 Å². The number of nitriles is 1. The van der Waals surface area contributed by atoms with Crippen molar-refractivity contribution in [1.29, 1.82) is 5.26 Å². The van der Waals surface area contributed by atoms with Crippen LogP contribution in [0.15, 0.2) is 24.3 Å². The predicted octanol–water partition coefficient (Wildman–Crippen LogP) is 1.81.